The third-order valence-electron chi connectivity index (χ3n) is 2.67. The molecule has 20 heavy (non-hydrogen) atoms. The van der Waals surface area contributed by atoms with E-state index in [1.54, 1.807) is 6.07 Å². The Bertz CT molecular complexity index is 420. The summed E-state index contributed by atoms with van der Waals surface area (Å²) in [5.41, 5.74) is 6.18. The molecule has 0 radical (unpaired) electrons. The number of rotatable bonds is 8. The highest BCUT2D eigenvalue weighted by molar-refractivity contribution is 5.53. The van der Waals surface area contributed by atoms with Crippen molar-refractivity contribution in [3.05, 3.63) is 12.1 Å². The molecule has 0 saturated heterocycles. The second-order valence-corrected chi connectivity index (χ2v) is 5.84. The average molecular weight is 281 g/mol. The van der Waals surface area contributed by atoms with Gasteiger partial charge in [0.1, 0.15) is 5.82 Å². The number of aromatic nitrogens is 1. The zero-order valence-corrected chi connectivity index (χ0v) is 13.2. The minimum atomic E-state index is -0.239. The molecular weight excluding hydrogens is 254 g/mol. The highest BCUT2D eigenvalue weighted by atomic mass is 16.5. The second kappa shape index (κ2) is 7.33. The first-order chi connectivity index (χ1) is 9.34. The SMILES string of the molecule is CCOC(C)(C)CNc1ccc(N)c(OCC(C)C)n1. The van der Waals surface area contributed by atoms with E-state index >= 15 is 0 Å². The molecule has 0 spiro atoms. The fourth-order valence-corrected chi connectivity index (χ4v) is 1.66. The van der Waals surface area contributed by atoms with Gasteiger partial charge in [0.25, 0.3) is 0 Å². The highest BCUT2D eigenvalue weighted by Crippen LogP contribution is 2.22. The van der Waals surface area contributed by atoms with Crippen molar-refractivity contribution < 1.29 is 9.47 Å². The summed E-state index contributed by atoms with van der Waals surface area (Å²) in [5.74, 6) is 1.66. The van der Waals surface area contributed by atoms with Gasteiger partial charge in [-0.3, -0.25) is 0 Å². The van der Waals surface area contributed by atoms with Crippen LogP contribution in [0.1, 0.15) is 34.6 Å². The van der Waals surface area contributed by atoms with Crippen molar-refractivity contribution in [1.29, 1.82) is 0 Å². The molecule has 0 atom stereocenters. The summed E-state index contributed by atoms with van der Waals surface area (Å²) >= 11 is 0. The van der Waals surface area contributed by atoms with E-state index in [0.717, 1.165) is 5.82 Å². The maximum absolute atomic E-state index is 5.87. The van der Waals surface area contributed by atoms with Crippen LogP contribution in [0.3, 0.4) is 0 Å². The molecule has 5 heteroatoms. The summed E-state index contributed by atoms with van der Waals surface area (Å²) in [6, 6.07) is 3.65. The fourth-order valence-electron chi connectivity index (χ4n) is 1.66. The smallest absolute Gasteiger partial charge is 0.239 e. The van der Waals surface area contributed by atoms with E-state index < -0.39 is 0 Å². The first kappa shape index (κ1) is 16.6. The molecule has 0 saturated carbocycles. The monoisotopic (exact) mass is 281 g/mol. The second-order valence-electron chi connectivity index (χ2n) is 5.84. The van der Waals surface area contributed by atoms with Crippen molar-refractivity contribution in [2.24, 2.45) is 5.92 Å². The van der Waals surface area contributed by atoms with Gasteiger partial charge in [0.05, 0.1) is 17.9 Å². The molecule has 0 aromatic carbocycles. The van der Waals surface area contributed by atoms with E-state index in [1.165, 1.54) is 0 Å². The largest absolute Gasteiger partial charge is 0.476 e. The molecule has 5 nitrogen and oxygen atoms in total. The van der Waals surface area contributed by atoms with E-state index in [-0.39, 0.29) is 5.60 Å². The maximum Gasteiger partial charge on any atom is 0.239 e. The lowest BCUT2D eigenvalue weighted by Gasteiger charge is -2.25. The van der Waals surface area contributed by atoms with Gasteiger partial charge < -0.3 is 20.5 Å². The Labute approximate surface area is 121 Å². The quantitative estimate of drug-likeness (QED) is 0.766. The summed E-state index contributed by atoms with van der Waals surface area (Å²) in [6.45, 7) is 12.2. The van der Waals surface area contributed by atoms with Gasteiger partial charge in [0.2, 0.25) is 5.88 Å². The zero-order valence-electron chi connectivity index (χ0n) is 13.2. The minimum Gasteiger partial charge on any atom is -0.476 e. The predicted octanol–water partition coefficient (Wildman–Crippen LogP) is 2.93. The van der Waals surface area contributed by atoms with Crippen LogP contribution in [0.4, 0.5) is 11.5 Å². The standard InChI is InChI=1S/C15H27N3O2/c1-6-20-15(4,5)10-17-13-8-7-12(16)14(18-13)19-9-11(2)3/h7-8,11H,6,9-10,16H2,1-5H3,(H,17,18). The Morgan fingerprint density at radius 2 is 2.05 bits per heavy atom. The first-order valence-electron chi connectivity index (χ1n) is 7.11. The van der Waals surface area contributed by atoms with Gasteiger partial charge in [0, 0.05) is 13.2 Å². The van der Waals surface area contributed by atoms with Gasteiger partial charge in [-0.05, 0) is 38.8 Å². The van der Waals surface area contributed by atoms with Crippen LogP contribution in [0.15, 0.2) is 12.1 Å². The van der Waals surface area contributed by atoms with Crippen molar-refractivity contribution in [3.63, 3.8) is 0 Å². The Hall–Kier alpha value is -1.49. The molecule has 0 fully saturated rings. The number of hydrogen-bond donors (Lipinski definition) is 2. The van der Waals surface area contributed by atoms with Crippen molar-refractivity contribution in [3.8, 4) is 5.88 Å². The van der Waals surface area contributed by atoms with Crippen LogP contribution >= 0.6 is 0 Å². The Morgan fingerprint density at radius 3 is 2.65 bits per heavy atom. The molecule has 0 aliphatic heterocycles. The van der Waals surface area contributed by atoms with Gasteiger partial charge >= 0.3 is 0 Å². The number of ether oxygens (including phenoxy) is 2. The Morgan fingerprint density at radius 1 is 1.35 bits per heavy atom. The minimum absolute atomic E-state index is 0.239. The molecule has 0 aliphatic rings. The van der Waals surface area contributed by atoms with Crippen molar-refractivity contribution in [2.75, 3.05) is 30.8 Å². The van der Waals surface area contributed by atoms with E-state index in [0.29, 0.717) is 37.2 Å². The van der Waals surface area contributed by atoms with Crippen LogP contribution in [0.25, 0.3) is 0 Å². The van der Waals surface area contributed by atoms with Gasteiger partial charge in [-0.25, -0.2) is 0 Å². The summed E-state index contributed by atoms with van der Waals surface area (Å²) in [6.07, 6.45) is 0. The van der Waals surface area contributed by atoms with Gasteiger partial charge in [0.15, 0.2) is 0 Å². The van der Waals surface area contributed by atoms with E-state index in [4.69, 9.17) is 15.2 Å². The van der Waals surface area contributed by atoms with E-state index in [9.17, 15) is 0 Å². The van der Waals surface area contributed by atoms with Crippen LogP contribution in [-0.4, -0.2) is 30.3 Å². The Kier molecular flexibility index (Phi) is 6.07. The molecule has 114 valence electrons. The number of nitrogens with one attached hydrogen (secondary N) is 1. The van der Waals surface area contributed by atoms with Crippen LogP contribution in [0, 0.1) is 5.92 Å². The number of pyridine rings is 1. The molecule has 0 amide bonds. The van der Waals surface area contributed by atoms with Crippen LogP contribution in [0.5, 0.6) is 5.88 Å². The predicted molar refractivity (Wildman–Crippen MR) is 83.2 cm³/mol. The van der Waals surface area contributed by atoms with Crippen molar-refractivity contribution in [2.45, 2.75) is 40.2 Å². The lowest BCUT2D eigenvalue weighted by atomic mass is 10.1. The molecule has 3 N–H and O–H groups in total. The molecule has 0 unspecified atom stereocenters. The summed E-state index contributed by atoms with van der Waals surface area (Å²) in [7, 11) is 0. The number of anilines is 2. The lowest BCUT2D eigenvalue weighted by Crippen LogP contribution is -2.33. The molecule has 1 heterocycles. The van der Waals surface area contributed by atoms with Gasteiger partial charge in [-0.2, -0.15) is 4.98 Å². The average Bonchev–Trinajstić information content (AvgIpc) is 2.36. The van der Waals surface area contributed by atoms with Crippen LogP contribution < -0.4 is 15.8 Å². The number of nitrogens with zero attached hydrogens (tertiary/aromatic N) is 1. The maximum atomic E-state index is 5.87. The molecule has 0 bridgehead atoms. The molecule has 1 aromatic rings. The van der Waals surface area contributed by atoms with Crippen molar-refractivity contribution >= 4 is 11.5 Å². The zero-order chi connectivity index (χ0) is 15.2. The number of hydrogen-bond acceptors (Lipinski definition) is 5. The first-order valence-corrected chi connectivity index (χ1v) is 7.11. The Balaban J connectivity index is 2.65. The number of nitrogens with two attached hydrogens (primary N) is 1. The topological polar surface area (TPSA) is 69.4 Å². The molecular formula is C15H27N3O2. The van der Waals surface area contributed by atoms with Crippen LogP contribution in [0.2, 0.25) is 0 Å². The lowest BCUT2D eigenvalue weighted by molar-refractivity contribution is 0.000634. The van der Waals surface area contributed by atoms with E-state index in [1.807, 2.05) is 26.8 Å². The summed E-state index contributed by atoms with van der Waals surface area (Å²) in [4.78, 5) is 4.39. The van der Waals surface area contributed by atoms with Gasteiger partial charge in [-0.1, -0.05) is 13.8 Å². The molecule has 1 aromatic heterocycles. The molecule has 1 rings (SSSR count). The molecule has 0 aliphatic carbocycles. The van der Waals surface area contributed by atoms with Gasteiger partial charge in [-0.15, -0.1) is 0 Å². The van der Waals surface area contributed by atoms with Crippen LogP contribution in [-0.2, 0) is 4.74 Å². The normalized spacial score (nSPS) is 11.7. The highest BCUT2D eigenvalue weighted by Gasteiger charge is 2.17. The third-order valence-corrected chi connectivity index (χ3v) is 2.67. The van der Waals surface area contributed by atoms with E-state index in [2.05, 4.69) is 24.1 Å². The summed E-state index contributed by atoms with van der Waals surface area (Å²) in [5, 5.41) is 3.25. The van der Waals surface area contributed by atoms with Crippen molar-refractivity contribution in [1.82, 2.24) is 4.98 Å². The number of nitrogen functional groups attached to an aromatic ring is 1. The fraction of sp³-hybridized carbons (Fsp3) is 0.667. The summed E-state index contributed by atoms with van der Waals surface area (Å²) < 4.78 is 11.2. The third kappa shape index (κ3) is 5.65.